The number of methoxy groups -OCH3 is 3. The lowest BCUT2D eigenvalue weighted by Crippen LogP contribution is -2.63. The van der Waals surface area contributed by atoms with Crippen LogP contribution < -0.4 is 46.7 Å². The van der Waals surface area contributed by atoms with Crippen LogP contribution in [0.3, 0.4) is 0 Å². The number of anilines is 2. The van der Waals surface area contributed by atoms with E-state index in [1.54, 1.807) is 52.0 Å². The number of ether oxygens (including phenoxy) is 6. The van der Waals surface area contributed by atoms with Gasteiger partial charge in [-0.1, -0.05) is 62.6 Å². The number of hydrogen-bond acceptors (Lipinski definition) is 19. The second-order valence-corrected chi connectivity index (χ2v) is 23.5. The van der Waals surface area contributed by atoms with Gasteiger partial charge in [-0.15, -0.1) is 0 Å². The fourth-order valence-electron chi connectivity index (χ4n) is 10.8. The quantitative estimate of drug-likeness (QED) is 0.0245. The lowest BCUT2D eigenvalue weighted by atomic mass is 9.83. The summed E-state index contributed by atoms with van der Waals surface area (Å²) in [4.78, 5) is 125. The van der Waals surface area contributed by atoms with Gasteiger partial charge in [0, 0.05) is 64.2 Å². The second-order valence-electron chi connectivity index (χ2n) is 23.1. The summed E-state index contributed by atoms with van der Waals surface area (Å²) in [5.41, 5.74) is 4.19. The number of esters is 1. The van der Waals surface area contributed by atoms with Gasteiger partial charge in [-0.3, -0.25) is 54.8 Å². The molecule has 1 unspecified atom stereocenters. The van der Waals surface area contributed by atoms with Gasteiger partial charge in [-0.05, 0) is 101 Å². The van der Waals surface area contributed by atoms with Crippen molar-refractivity contribution in [3.63, 3.8) is 0 Å². The van der Waals surface area contributed by atoms with E-state index in [2.05, 4.69) is 26.6 Å². The third-order valence-corrected chi connectivity index (χ3v) is 16.6. The molecule has 482 valence electrons. The third-order valence-electron chi connectivity index (χ3n) is 16.3. The monoisotopic (exact) mass is 1250 g/mol. The number of aliphatic hydroxyl groups excluding tert-OH is 1. The zero-order valence-corrected chi connectivity index (χ0v) is 52.4. The molecule has 11 atom stereocenters. The number of unbranched alkanes of at least 4 members (excludes halogenated alkanes) is 2. The Morgan fingerprint density at radius 2 is 1.65 bits per heavy atom. The first kappa shape index (κ1) is 69.6. The van der Waals surface area contributed by atoms with Crippen LogP contribution in [0, 0.1) is 11.8 Å². The Morgan fingerprint density at radius 3 is 2.30 bits per heavy atom. The molecule has 2 aromatic carbocycles. The lowest BCUT2D eigenvalue weighted by Gasteiger charge is -2.42. The zero-order valence-electron chi connectivity index (χ0n) is 51.6. The highest BCUT2D eigenvalue weighted by Crippen LogP contribution is 2.49. The fourth-order valence-corrected chi connectivity index (χ4v) is 11.1. The van der Waals surface area contributed by atoms with Gasteiger partial charge in [0.1, 0.15) is 58.6 Å². The number of alkyl carbamates (subject to hydrolysis) is 1. The normalized spacial score (nSPS) is 25.2. The molecule has 0 radical (unpaired) electrons. The molecule has 0 spiro atoms. The molecule has 8 amide bonds. The lowest BCUT2D eigenvalue weighted by molar-refractivity contribution is -0.158. The summed E-state index contributed by atoms with van der Waals surface area (Å²) in [6, 6.07) is 4.09. The first-order valence-corrected chi connectivity index (χ1v) is 29.6. The summed E-state index contributed by atoms with van der Waals surface area (Å²) in [5, 5.41) is 35.1. The summed E-state index contributed by atoms with van der Waals surface area (Å²) in [5.74, 6) is -5.38. The predicted molar refractivity (Wildman–Crippen MR) is 322 cm³/mol. The van der Waals surface area contributed by atoms with E-state index in [1.807, 2.05) is 13.0 Å². The van der Waals surface area contributed by atoms with Crippen molar-refractivity contribution in [2.45, 2.75) is 160 Å². The van der Waals surface area contributed by atoms with Gasteiger partial charge in [-0.2, -0.15) is 0 Å². The van der Waals surface area contributed by atoms with Crippen LogP contribution in [-0.4, -0.2) is 182 Å². The number of aliphatic hydroxyl groups is 2. The number of imide groups is 1. The van der Waals surface area contributed by atoms with Crippen LogP contribution in [0.2, 0.25) is 5.02 Å². The molecule has 9 N–H and O–H groups in total. The fraction of sp³-hybridized carbons (Fsp3) is 0.557. The number of likely N-dealkylation sites (N-methyl/N-ethyl adjacent to an activating group) is 1. The molecule has 2 fully saturated rings. The average molecular weight is 1250 g/mol. The molecule has 4 aliphatic heterocycles. The molecule has 4 aliphatic rings. The van der Waals surface area contributed by atoms with Crippen molar-refractivity contribution in [1.82, 2.24) is 31.1 Å². The topological polar surface area (TPSA) is 349 Å². The van der Waals surface area contributed by atoms with Gasteiger partial charge in [0.25, 0.3) is 17.7 Å². The number of allylic oxidation sites excluding steroid dienone is 3. The maximum absolute atomic E-state index is 14.5. The number of benzene rings is 2. The van der Waals surface area contributed by atoms with Crippen molar-refractivity contribution in [3.05, 3.63) is 82.4 Å². The molecule has 27 heteroatoms. The average Bonchev–Trinajstić information content (AvgIpc) is 1.68. The molecule has 2 saturated heterocycles. The van der Waals surface area contributed by atoms with Gasteiger partial charge in [0.15, 0.2) is 12.1 Å². The van der Waals surface area contributed by atoms with Crippen LogP contribution in [0.5, 0.6) is 11.5 Å². The molecule has 6 rings (SSSR count). The minimum Gasteiger partial charge on any atom is -0.495 e. The van der Waals surface area contributed by atoms with E-state index < -0.39 is 120 Å². The number of nitrogens with zero attached hydrogens (tertiary/aromatic N) is 3. The number of hydrogen-bond donors (Lipinski definition) is 8. The number of rotatable bonds is 24. The molecule has 0 saturated carbocycles. The van der Waals surface area contributed by atoms with E-state index in [4.69, 9.17) is 45.8 Å². The number of carbonyl (C=O) groups excluding carboxylic acids is 9. The Bertz CT molecular complexity index is 3010. The first-order valence-electron chi connectivity index (χ1n) is 29.2. The SMILES string of the molecule is COc1cc(C(=O)N(C)[C@@H](C)C(=O)O[C@H]2CC(=O)N(C)c3cc(cc(OC)c3Cl)C/C(C)=C/C=C/[C@@H](OC)[C@@]3(O)C[C@H](OC(=O)N3)[C@@H](C)[C@@H]3O[C@@]23C)ccc1NC(=O)[C@H](CCCNC(N)O)NC(=O)[C@@H](NC(=O)CCCCCN1C(=O)C=CC1=O)C(C)C. The number of epoxide rings is 1. The molecular formula is C61H84ClN9O17. The summed E-state index contributed by atoms with van der Waals surface area (Å²) in [7, 11) is 7.05. The Labute approximate surface area is 517 Å². The van der Waals surface area contributed by atoms with Crippen molar-refractivity contribution >= 4 is 76.4 Å². The Balaban J connectivity index is 1.18. The van der Waals surface area contributed by atoms with E-state index in [0.29, 0.717) is 37.1 Å². The minimum atomic E-state index is -1.92. The standard InChI is InChI=1S/C61H84ClN9O17/c1-33(2)52(67-47(72)20-13-12-14-26-71-48(73)23-24-49(71)74)55(77)66-40(18-16-25-64-58(63)80)54(76)65-39-22-21-38(30-42(39)83-9)56(78)69(7)36(5)57(79)87-46-31-50(75)70(8)41-28-37(29-43(84-10)51(41)62)27-34(3)17-15-19-45(85-11)61(82)32-44(86-59(81)68-61)35(4)53-60(46,6)88-53/h15,17,19,21-24,28-30,33,35-36,40,44-46,52-53,58,64,80,82H,12-14,16,18,20,25-27,31-32,63H2,1-11H3,(H,65,76)(H,66,77)(H,67,72)(H,68,81)/b19-15+,34-17+/t35-,36+,40+,44+,45-,46+,52+,53+,58?,60+,61+/m1/s1. The molecule has 88 heavy (non-hydrogen) atoms. The van der Waals surface area contributed by atoms with Crippen LogP contribution in [0.4, 0.5) is 16.2 Å². The highest BCUT2D eigenvalue weighted by atomic mass is 35.5. The van der Waals surface area contributed by atoms with E-state index in [1.165, 1.54) is 77.6 Å². The Hall–Kier alpha value is -7.46. The van der Waals surface area contributed by atoms with Gasteiger partial charge < -0.3 is 64.4 Å². The summed E-state index contributed by atoms with van der Waals surface area (Å²) in [6.07, 6.45) is 2.82. The number of halogens is 1. The highest BCUT2D eigenvalue weighted by molar-refractivity contribution is 6.35. The number of carbonyl (C=O) groups is 9. The zero-order chi connectivity index (χ0) is 64.9. The van der Waals surface area contributed by atoms with Crippen LogP contribution in [0.1, 0.15) is 109 Å². The molecule has 2 aromatic rings. The Kier molecular flexibility index (Phi) is 24.2. The van der Waals surface area contributed by atoms with E-state index in [-0.39, 0.29) is 72.6 Å². The maximum Gasteiger partial charge on any atom is 0.409 e. The number of nitrogens with two attached hydrogens (primary N) is 1. The van der Waals surface area contributed by atoms with Crippen molar-refractivity contribution in [2.75, 3.05) is 58.7 Å². The van der Waals surface area contributed by atoms with E-state index in [0.717, 1.165) is 20.9 Å². The van der Waals surface area contributed by atoms with Gasteiger partial charge in [0.2, 0.25) is 23.6 Å². The minimum absolute atomic E-state index is 0.0240. The summed E-state index contributed by atoms with van der Waals surface area (Å²) in [6.45, 7) is 10.6. The number of amides is 8. The second kappa shape index (κ2) is 30.6. The van der Waals surface area contributed by atoms with E-state index >= 15 is 0 Å². The number of fused-ring (bicyclic) bond motifs is 5. The Morgan fingerprint density at radius 1 is 0.955 bits per heavy atom. The summed E-state index contributed by atoms with van der Waals surface area (Å²) < 4.78 is 35.2. The molecule has 4 bridgehead atoms. The molecule has 0 aromatic heterocycles. The van der Waals surface area contributed by atoms with E-state index in [9.17, 15) is 53.4 Å². The van der Waals surface area contributed by atoms with Crippen LogP contribution in [0.25, 0.3) is 0 Å². The largest absolute Gasteiger partial charge is 0.495 e. The van der Waals surface area contributed by atoms with Crippen molar-refractivity contribution < 1.29 is 81.8 Å². The van der Waals surface area contributed by atoms with Crippen LogP contribution in [-0.2, 0) is 58.9 Å². The van der Waals surface area contributed by atoms with Gasteiger partial charge in [0.05, 0.1) is 38.1 Å². The van der Waals surface area contributed by atoms with Crippen LogP contribution in [0.15, 0.2) is 66.3 Å². The number of nitrogens with one attached hydrogen (secondary N) is 5. The smallest absolute Gasteiger partial charge is 0.409 e. The van der Waals surface area contributed by atoms with Crippen LogP contribution >= 0.6 is 11.6 Å². The van der Waals surface area contributed by atoms with Crippen molar-refractivity contribution in [2.24, 2.45) is 17.6 Å². The predicted octanol–water partition coefficient (Wildman–Crippen LogP) is 3.49. The van der Waals surface area contributed by atoms with Crippen molar-refractivity contribution in [3.8, 4) is 11.5 Å². The maximum atomic E-state index is 14.5. The highest BCUT2D eigenvalue weighted by Gasteiger charge is 2.64. The molecule has 0 aliphatic carbocycles. The van der Waals surface area contributed by atoms with Crippen molar-refractivity contribution in [1.29, 1.82) is 0 Å². The summed E-state index contributed by atoms with van der Waals surface area (Å²) >= 11 is 6.86. The first-order chi connectivity index (χ1) is 41.5. The molecule has 26 nitrogen and oxygen atoms in total. The van der Waals surface area contributed by atoms with Gasteiger partial charge >= 0.3 is 12.1 Å². The molecular weight excluding hydrogens is 1170 g/mol. The molecule has 4 heterocycles. The van der Waals surface area contributed by atoms with Gasteiger partial charge in [-0.25, -0.2) is 9.59 Å². The third kappa shape index (κ3) is 17.4.